The van der Waals surface area contributed by atoms with Crippen molar-refractivity contribution in [2.75, 3.05) is 26.5 Å². The molecule has 0 radical (unpaired) electrons. The average Bonchev–Trinajstić information content (AvgIpc) is 2.50. The van der Waals surface area contributed by atoms with E-state index in [-0.39, 0.29) is 18.3 Å². The van der Waals surface area contributed by atoms with Crippen LogP contribution in [-0.2, 0) is 23.1 Å². The summed E-state index contributed by atoms with van der Waals surface area (Å²) in [6, 6.07) is 5.27. The van der Waals surface area contributed by atoms with Crippen molar-refractivity contribution < 1.29 is 27.9 Å². The molecule has 0 aliphatic heterocycles. The van der Waals surface area contributed by atoms with Crippen LogP contribution >= 0.6 is 19.4 Å². The van der Waals surface area contributed by atoms with Crippen molar-refractivity contribution >= 4 is 30.4 Å². The van der Waals surface area contributed by atoms with Gasteiger partial charge in [0.25, 0.3) is 0 Å². The van der Waals surface area contributed by atoms with Gasteiger partial charge in [-0.05, 0) is 44.4 Å². The smallest absolute Gasteiger partial charge is 0.339 e. The Bertz CT molecular complexity index is 646. The number of ether oxygens (including phenoxy) is 1. The Morgan fingerprint density at radius 1 is 1.16 bits per heavy atom. The monoisotopic (exact) mass is 388 g/mol. The molecule has 1 aromatic rings. The molecule has 0 N–H and O–H groups in total. The summed E-state index contributed by atoms with van der Waals surface area (Å²) in [5.41, 5.74) is 1.35. The van der Waals surface area contributed by atoms with Gasteiger partial charge in [-0.15, -0.1) is 0 Å². The molecule has 0 bridgehead atoms. The first kappa shape index (κ1) is 21.9. The zero-order chi connectivity index (χ0) is 18.9. The summed E-state index contributed by atoms with van der Waals surface area (Å²) in [5.74, 6) is -0.458. The molecule has 8 heteroatoms. The Hall–Kier alpha value is -1.14. The van der Waals surface area contributed by atoms with Gasteiger partial charge in [0.15, 0.2) is 5.12 Å². The summed E-state index contributed by atoms with van der Waals surface area (Å²) in [6.45, 7) is 7.38. The van der Waals surface area contributed by atoms with Gasteiger partial charge in [0.1, 0.15) is 0 Å². The lowest BCUT2D eigenvalue weighted by Gasteiger charge is -2.13. The van der Waals surface area contributed by atoms with E-state index in [1.54, 1.807) is 25.1 Å². The first-order valence-corrected chi connectivity index (χ1v) is 10.9. The zero-order valence-electron chi connectivity index (χ0n) is 15.1. The van der Waals surface area contributed by atoms with E-state index >= 15 is 0 Å². The Balaban J connectivity index is 2.42. The van der Waals surface area contributed by atoms with Gasteiger partial charge in [-0.2, -0.15) is 0 Å². The highest BCUT2D eigenvalue weighted by molar-refractivity contribution is 8.13. The molecular formula is C17H25O6PS. The molecule has 1 rings (SSSR count). The molecule has 0 fully saturated rings. The average molecular weight is 388 g/mol. The maximum atomic E-state index is 12.2. The number of rotatable bonds is 10. The second kappa shape index (κ2) is 10.8. The lowest BCUT2D eigenvalue weighted by atomic mass is 10.1. The summed E-state index contributed by atoms with van der Waals surface area (Å²) in [5, 5.41) is -0.0879. The second-order valence-electron chi connectivity index (χ2n) is 5.46. The van der Waals surface area contributed by atoms with Crippen molar-refractivity contribution in [1.82, 2.24) is 0 Å². The normalized spacial score (nSPS) is 13.3. The van der Waals surface area contributed by atoms with E-state index in [9.17, 15) is 14.2 Å². The lowest BCUT2D eigenvalue weighted by Crippen LogP contribution is -2.09. The minimum atomic E-state index is -2.98. The molecule has 1 atom stereocenters. The van der Waals surface area contributed by atoms with E-state index in [0.717, 1.165) is 17.3 Å². The van der Waals surface area contributed by atoms with Gasteiger partial charge >= 0.3 is 13.6 Å². The molecule has 0 saturated heterocycles. The van der Waals surface area contributed by atoms with Gasteiger partial charge in [0.2, 0.25) is 0 Å². The number of aryl methyl sites for hydroxylation is 1. The van der Waals surface area contributed by atoms with Gasteiger partial charge in [-0.3, -0.25) is 9.36 Å². The molecule has 0 amide bonds. The van der Waals surface area contributed by atoms with Crippen LogP contribution in [0.1, 0.15) is 42.6 Å². The SMILES string of the molecule is CCOP(C)(=O)OCCCCOC(=O)c1ccc(C)cc1SC(C)=O. The maximum absolute atomic E-state index is 12.2. The van der Waals surface area contributed by atoms with E-state index in [1.165, 1.54) is 13.6 Å². The van der Waals surface area contributed by atoms with E-state index in [2.05, 4.69) is 0 Å². The number of unbranched alkanes of at least 4 members (excludes halogenated alkanes) is 1. The standard InChI is InChI=1S/C17H25O6PS/c1-5-22-24(4,20)23-11-7-6-10-21-17(19)15-9-8-13(2)12-16(15)25-14(3)18/h8-9,12H,5-7,10-11H2,1-4H3. The van der Waals surface area contributed by atoms with Crippen molar-refractivity contribution in [3.05, 3.63) is 29.3 Å². The van der Waals surface area contributed by atoms with E-state index in [4.69, 9.17) is 13.8 Å². The molecule has 0 aliphatic carbocycles. The predicted octanol–water partition coefficient (Wildman–Crippen LogP) is 4.45. The number of hydrogen-bond acceptors (Lipinski definition) is 7. The molecule has 6 nitrogen and oxygen atoms in total. The van der Waals surface area contributed by atoms with Crippen LogP contribution in [0, 0.1) is 6.92 Å². The van der Waals surface area contributed by atoms with Gasteiger partial charge in [-0.25, -0.2) is 4.79 Å². The Morgan fingerprint density at radius 3 is 2.48 bits per heavy atom. The summed E-state index contributed by atoms with van der Waals surface area (Å²) >= 11 is 1.02. The maximum Gasteiger partial charge on any atom is 0.339 e. The summed E-state index contributed by atoms with van der Waals surface area (Å²) in [6.07, 6.45) is 1.18. The molecule has 0 aliphatic rings. The van der Waals surface area contributed by atoms with Crippen molar-refractivity contribution in [2.45, 2.75) is 38.5 Å². The van der Waals surface area contributed by atoms with Gasteiger partial charge in [0.05, 0.1) is 25.4 Å². The molecule has 0 aromatic heterocycles. The van der Waals surface area contributed by atoms with Gasteiger partial charge < -0.3 is 13.8 Å². The fraction of sp³-hybridized carbons (Fsp3) is 0.529. The van der Waals surface area contributed by atoms with Crippen LogP contribution in [0.15, 0.2) is 23.1 Å². The molecule has 1 unspecified atom stereocenters. The van der Waals surface area contributed by atoms with Crippen LogP contribution < -0.4 is 0 Å². The van der Waals surface area contributed by atoms with E-state index in [0.29, 0.717) is 29.9 Å². The molecular weight excluding hydrogens is 363 g/mol. The van der Waals surface area contributed by atoms with Crippen molar-refractivity contribution in [3.8, 4) is 0 Å². The Kier molecular flexibility index (Phi) is 9.43. The Morgan fingerprint density at radius 2 is 1.84 bits per heavy atom. The number of benzene rings is 1. The van der Waals surface area contributed by atoms with Crippen LogP contribution in [0.25, 0.3) is 0 Å². The number of hydrogen-bond donors (Lipinski definition) is 0. The van der Waals surface area contributed by atoms with Crippen LogP contribution in [0.5, 0.6) is 0 Å². The third kappa shape index (κ3) is 8.68. The topological polar surface area (TPSA) is 78.9 Å². The van der Waals surface area contributed by atoms with Crippen molar-refractivity contribution in [2.24, 2.45) is 0 Å². The molecule has 0 saturated carbocycles. The zero-order valence-corrected chi connectivity index (χ0v) is 16.8. The minimum absolute atomic E-state index is 0.0879. The van der Waals surface area contributed by atoms with Crippen LogP contribution in [0.3, 0.4) is 0 Å². The van der Waals surface area contributed by atoms with Crippen LogP contribution in [0.4, 0.5) is 0 Å². The number of carbonyl (C=O) groups excluding carboxylic acids is 2. The molecule has 25 heavy (non-hydrogen) atoms. The van der Waals surface area contributed by atoms with E-state index in [1.807, 2.05) is 6.92 Å². The third-order valence-corrected chi connectivity index (χ3v) is 5.30. The fourth-order valence-electron chi connectivity index (χ4n) is 1.99. The fourth-order valence-corrected chi connectivity index (χ4v) is 3.81. The second-order valence-corrected chi connectivity index (χ2v) is 8.74. The van der Waals surface area contributed by atoms with Crippen molar-refractivity contribution in [1.29, 1.82) is 0 Å². The van der Waals surface area contributed by atoms with Crippen LogP contribution in [0.2, 0.25) is 0 Å². The molecule has 0 heterocycles. The molecule has 0 spiro atoms. The number of carbonyl (C=O) groups is 2. The van der Waals surface area contributed by atoms with Gasteiger partial charge in [0, 0.05) is 18.5 Å². The summed E-state index contributed by atoms with van der Waals surface area (Å²) in [7, 11) is -2.98. The largest absolute Gasteiger partial charge is 0.462 e. The van der Waals surface area contributed by atoms with Gasteiger partial charge in [-0.1, -0.05) is 17.8 Å². The highest BCUT2D eigenvalue weighted by Gasteiger charge is 2.16. The highest BCUT2D eigenvalue weighted by atomic mass is 32.2. The number of esters is 1. The minimum Gasteiger partial charge on any atom is -0.462 e. The summed E-state index contributed by atoms with van der Waals surface area (Å²) < 4.78 is 27.2. The third-order valence-electron chi connectivity index (χ3n) is 3.07. The summed E-state index contributed by atoms with van der Waals surface area (Å²) in [4.78, 5) is 24.1. The van der Waals surface area contributed by atoms with Crippen LogP contribution in [-0.4, -0.2) is 37.6 Å². The highest BCUT2D eigenvalue weighted by Crippen LogP contribution is 2.43. The van der Waals surface area contributed by atoms with E-state index < -0.39 is 13.6 Å². The number of thioether (sulfide) groups is 1. The Labute approximate surface area is 153 Å². The first-order valence-electron chi connectivity index (χ1n) is 8.08. The molecule has 140 valence electrons. The lowest BCUT2D eigenvalue weighted by molar-refractivity contribution is -0.109. The quantitative estimate of drug-likeness (QED) is 0.254. The first-order chi connectivity index (χ1) is 11.7. The molecule has 1 aromatic carbocycles. The predicted molar refractivity (Wildman–Crippen MR) is 98.3 cm³/mol. The van der Waals surface area contributed by atoms with Crippen molar-refractivity contribution in [3.63, 3.8) is 0 Å².